The molecule has 6 heteroatoms. The second kappa shape index (κ2) is 5.85. The van der Waals surface area contributed by atoms with Crippen LogP contribution in [-0.4, -0.2) is 14.8 Å². The van der Waals surface area contributed by atoms with E-state index in [1.54, 1.807) is 30.6 Å². The highest BCUT2D eigenvalue weighted by atomic mass is 19.1. The predicted octanol–water partition coefficient (Wildman–Crippen LogP) is 3.48. The number of benzene rings is 1. The van der Waals surface area contributed by atoms with Crippen molar-refractivity contribution in [2.24, 2.45) is 0 Å². The van der Waals surface area contributed by atoms with Gasteiger partial charge < -0.3 is 10.5 Å². The number of ether oxygens (including phenoxy) is 1. The second-order valence-electron chi connectivity index (χ2n) is 4.75. The van der Waals surface area contributed by atoms with Crippen molar-refractivity contribution in [2.45, 2.75) is 13.5 Å². The molecule has 0 fully saturated rings. The normalized spacial score (nSPS) is 10.6. The summed E-state index contributed by atoms with van der Waals surface area (Å²) in [4.78, 5) is 4.30. The molecule has 0 radical (unpaired) electrons. The number of nitrogen functional groups attached to an aromatic ring is 1. The lowest BCUT2D eigenvalue weighted by Crippen LogP contribution is -1.92. The molecule has 0 spiro atoms. The summed E-state index contributed by atoms with van der Waals surface area (Å²) in [6, 6.07) is 7.84. The predicted molar refractivity (Wildman–Crippen MR) is 82.0 cm³/mol. The van der Waals surface area contributed by atoms with Crippen molar-refractivity contribution in [1.82, 2.24) is 14.8 Å². The highest BCUT2D eigenvalue weighted by Gasteiger charge is 2.06. The molecule has 22 heavy (non-hydrogen) atoms. The first-order chi connectivity index (χ1) is 10.7. The minimum atomic E-state index is -0.504. The summed E-state index contributed by atoms with van der Waals surface area (Å²) < 4.78 is 20.9. The molecule has 0 amide bonds. The number of hydrogen-bond acceptors (Lipinski definition) is 4. The molecule has 1 aromatic carbocycles. The van der Waals surface area contributed by atoms with Gasteiger partial charge in [0.1, 0.15) is 17.3 Å². The van der Waals surface area contributed by atoms with Crippen LogP contribution in [-0.2, 0) is 6.54 Å². The van der Waals surface area contributed by atoms with Crippen LogP contribution in [0.5, 0.6) is 11.5 Å². The molecular formula is C16H15FN4O. The first-order valence-corrected chi connectivity index (χ1v) is 6.87. The number of hydrogen-bond donors (Lipinski definition) is 1. The third-order valence-electron chi connectivity index (χ3n) is 3.19. The average molecular weight is 298 g/mol. The average Bonchev–Trinajstić information content (AvgIpc) is 3.00. The number of rotatable bonds is 4. The van der Waals surface area contributed by atoms with Gasteiger partial charge in [-0.05, 0) is 25.1 Å². The fourth-order valence-corrected chi connectivity index (χ4v) is 2.01. The Labute approximate surface area is 127 Å². The van der Waals surface area contributed by atoms with Crippen molar-refractivity contribution in [3.05, 3.63) is 54.7 Å². The molecule has 0 bridgehead atoms. The Morgan fingerprint density at radius 1 is 1.23 bits per heavy atom. The highest BCUT2D eigenvalue weighted by Crippen LogP contribution is 2.27. The van der Waals surface area contributed by atoms with Crippen LogP contribution >= 0.6 is 0 Å². The molecule has 5 nitrogen and oxygen atoms in total. The van der Waals surface area contributed by atoms with Crippen LogP contribution in [0.15, 0.2) is 48.9 Å². The Bertz CT molecular complexity index is 800. The maximum atomic E-state index is 13.4. The molecule has 0 atom stereocenters. The number of anilines is 1. The molecule has 0 saturated heterocycles. The van der Waals surface area contributed by atoms with Crippen molar-refractivity contribution in [1.29, 1.82) is 0 Å². The number of pyridine rings is 1. The Hall–Kier alpha value is -2.89. The number of nitrogens with zero attached hydrogens (tertiary/aromatic N) is 3. The standard InChI is InChI=1S/C16H15FN4O/c1-2-21-10-11(9-20-21)16-8-13(5-6-19-16)22-12-3-4-15(18)14(17)7-12/h3-10H,2,18H2,1H3. The van der Waals surface area contributed by atoms with Gasteiger partial charge in [-0.15, -0.1) is 0 Å². The molecule has 112 valence electrons. The van der Waals surface area contributed by atoms with Gasteiger partial charge in [0, 0.05) is 36.6 Å². The number of halogens is 1. The van der Waals surface area contributed by atoms with Crippen molar-refractivity contribution in [3.63, 3.8) is 0 Å². The van der Waals surface area contributed by atoms with Crippen molar-refractivity contribution in [3.8, 4) is 22.8 Å². The van der Waals surface area contributed by atoms with Crippen molar-refractivity contribution < 1.29 is 9.13 Å². The van der Waals surface area contributed by atoms with Crippen molar-refractivity contribution in [2.75, 3.05) is 5.73 Å². The highest BCUT2D eigenvalue weighted by molar-refractivity contribution is 5.59. The fourth-order valence-electron chi connectivity index (χ4n) is 2.01. The molecule has 0 aliphatic heterocycles. The third kappa shape index (κ3) is 2.90. The van der Waals surface area contributed by atoms with Gasteiger partial charge in [0.25, 0.3) is 0 Å². The topological polar surface area (TPSA) is 66.0 Å². The smallest absolute Gasteiger partial charge is 0.149 e. The molecule has 2 heterocycles. The fraction of sp³-hybridized carbons (Fsp3) is 0.125. The van der Waals surface area contributed by atoms with E-state index in [2.05, 4.69) is 10.1 Å². The van der Waals surface area contributed by atoms with E-state index in [0.29, 0.717) is 11.5 Å². The van der Waals surface area contributed by atoms with Crippen LogP contribution in [0.25, 0.3) is 11.3 Å². The number of aryl methyl sites for hydroxylation is 1. The first-order valence-electron chi connectivity index (χ1n) is 6.87. The summed E-state index contributed by atoms with van der Waals surface area (Å²) in [6.45, 7) is 2.81. The van der Waals surface area contributed by atoms with E-state index in [0.717, 1.165) is 17.8 Å². The second-order valence-corrected chi connectivity index (χ2v) is 4.75. The first kappa shape index (κ1) is 14.1. The largest absolute Gasteiger partial charge is 0.457 e. The van der Waals surface area contributed by atoms with Gasteiger partial charge in [-0.2, -0.15) is 5.10 Å². The molecule has 3 rings (SSSR count). The SMILES string of the molecule is CCn1cc(-c2cc(Oc3ccc(N)c(F)c3)ccn2)cn1. The molecule has 2 aromatic heterocycles. The van der Waals surface area contributed by atoms with Crippen LogP contribution in [0.1, 0.15) is 6.92 Å². The van der Waals surface area contributed by atoms with E-state index >= 15 is 0 Å². The summed E-state index contributed by atoms with van der Waals surface area (Å²) in [6.07, 6.45) is 5.30. The van der Waals surface area contributed by atoms with Gasteiger partial charge in [0.2, 0.25) is 0 Å². The molecule has 0 aliphatic carbocycles. The molecule has 0 saturated carbocycles. The summed E-state index contributed by atoms with van der Waals surface area (Å²) in [7, 11) is 0. The molecule has 3 aromatic rings. The van der Waals surface area contributed by atoms with Crippen LogP contribution in [0.3, 0.4) is 0 Å². The lowest BCUT2D eigenvalue weighted by Gasteiger charge is -2.07. The summed E-state index contributed by atoms with van der Waals surface area (Å²) in [5, 5.41) is 4.22. The Balaban J connectivity index is 1.85. The van der Waals surface area contributed by atoms with Crippen molar-refractivity contribution >= 4 is 5.69 Å². The van der Waals surface area contributed by atoms with Crippen LogP contribution in [0.4, 0.5) is 10.1 Å². The molecular weight excluding hydrogens is 283 g/mol. The maximum absolute atomic E-state index is 13.4. The maximum Gasteiger partial charge on any atom is 0.149 e. The van der Waals surface area contributed by atoms with E-state index in [1.165, 1.54) is 12.1 Å². The Kier molecular flexibility index (Phi) is 3.74. The van der Waals surface area contributed by atoms with Gasteiger partial charge in [-0.1, -0.05) is 0 Å². The lowest BCUT2D eigenvalue weighted by molar-refractivity contribution is 0.477. The Morgan fingerprint density at radius 2 is 2.05 bits per heavy atom. The number of nitrogens with two attached hydrogens (primary N) is 1. The zero-order valence-electron chi connectivity index (χ0n) is 12.0. The van der Waals surface area contributed by atoms with Gasteiger partial charge in [-0.25, -0.2) is 4.39 Å². The molecule has 0 aliphatic rings. The Morgan fingerprint density at radius 3 is 2.77 bits per heavy atom. The minimum absolute atomic E-state index is 0.0924. The van der Waals surface area contributed by atoms with E-state index in [-0.39, 0.29) is 5.69 Å². The van der Waals surface area contributed by atoms with Gasteiger partial charge in [-0.3, -0.25) is 9.67 Å². The monoisotopic (exact) mass is 298 g/mol. The minimum Gasteiger partial charge on any atom is -0.457 e. The summed E-state index contributed by atoms with van der Waals surface area (Å²) in [5.74, 6) is 0.447. The molecule has 2 N–H and O–H groups in total. The van der Waals surface area contributed by atoms with E-state index in [4.69, 9.17) is 10.5 Å². The van der Waals surface area contributed by atoms with E-state index in [1.807, 2.05) is 17.8 Å². The number of aromatic nitrogens is 3. The van der Waals surface area contributed by atoms with E-state index in [9.17, 15) is 4.39 Å². The third-order valence-corrected chi connectivity index (χ3v) is 3.19. The van der Waals surface area contributed by atoms with Crippen LogP contribution in [0.2, 0.25) is 0 Å². The van der Waals surface area contributed by atoms with Gasteiger partial charge in [0.15, 0.2) is 0 Å². The summed E-state index contributed by atoms with van der Waals surface area (Å²) >= 11 is 0. The van der Waals surface area contributed by atoms with Gasteiger partial charge in [0.05, 0.1) is 17.6 Å². The lowest BCUT2D eigenvalue weighted by atomic mass is 10.2. The molecule has 0 unspecified atom stereocenters. The van der Waals surface area contributed by atoms with Gasteiger partial charge >= 0.3 is 0 Å². The zero-order valence-corrected chi connectivity index (χ0v) is 12.0. The zero-order chi connectivity index (χ0) is 15.5. The quantitative estimate of drug-likeness (QED) is 0.749. The van der Waals surface area contributed by atoms with E-state index < -0.39 is 5.82 Å². The van der Waals surface area contributed by atoms with Crippen LogP contribution in [0, 0.1) is 5.82 Å². The summed E-state index contributed by atoms with van der Waals surface area (Å²) in [5.41, 5.74) is 7.18. The van der Waals surface area contributed by atoms with Crippen LogP contribution < -0.4 is 10.5 Å².